The third-order valence-corrected chi connectivity index (χ3v) is 4.66. The van der Waals surface area contributed by atoms with Crippen molar-refractivity contribution in [1.29, 1.82) is 0 Å². The molecule has 0 radical (unpaired) electrons. The van der Waals surface area contributed by atoms with E-state index >= 15 is 0 Å². The van der Waals surface area contributed by atoms with Crippen LogP contribution in [0.2, 0.25) is 0 Å². The summed E-state index contributed by atoms with van der Waals surface area (Å²) in [5.74, 6) is 0.353. The van der Waals surface area contributed by atoms with E-state index in [1.807, 2.05) is 5.38 Å². The fourth-order valence-electron chi connectivity index (χ4n) is 1.88. The molecule has 0 fully saturated rings. The van der Waals surface area contributed by atoms with Crippen molar-refractivity contribution in [2.45, 2.75) is 6.61 Å². The number of thiazole rings is 1. The Labute approximate surface area is 148 Å². The van der Waals surface area contributed by atoms with Gasteiger partial charge in [-0.15, -0.1) is 0 Å². The van der Waals surface area contributed by atoms with Crippen molar-refractivity contribution in [1.82, 2.24) is 29.8 Å². The first-order chi connectivity index (χ1) is 11.1. The van der Waals surface area contributed by atoms with Crippen molar-refractivity contribution in [3.8, 4) is 16.8 Å². The van der Waals surface area contributed by atoms with Gasteiger partial charge in [-0.1, -0.05) is 11.3 Å². The SMILES string of the molecule is COc1nccc(-n2nnn(C)c2=O)c1COc1nc(I)cs1. The van der Waals surface area contributed by atoms with Gasteiger partial charge in [0.15, 0.2) is 0 Å². The highest BCUT2D eigenvalue weighted by Crippen LogP contribution is 2.25. The molecular formula is C12H11IN6O3S. The topological polar surface area (TPSA) is 97.0 Å². The lowest BCUT2D eigenvalue weighted by molar-refractivity contribution is 0.291. The van der Waals surface area contributed by atoms with Crippen molar-refractivity contribution in [2.24, 2.45) is 7.05 Å². The fraction of sp³-hybridized carbons (Fsp3) is 0.250. The molecule has 11 heteroatoms. The van der Waals surface area contributed by atoms with Crippen LogP contribution < -0.4 is 15.2 Å². The van der Waals surface area contributed by atoms with Crippen LogP contribution in [0.1, 0.15) is 5.56 Å². The van der Waals surface area contributed by atoms with Crippen molar-refractivity contribution in [2.75, 3.05) is 7.11 Å². The Morgan fingerprint density at radius 3 is 2.83 bits per heavy atom. The molecule has 3 heterocycles. The molecule has 0 saturated carbocycles. The van der Waals surface area contributed by atoms with Gasteiger partial charge in [0.25, 0.3) is 5.19 Å². The van der Waals surface area contributed by atoms with E-state index in [0.29, 0.717) is 22.3 Å². The second kappa shape index (κ2) is 6.62. The van der Waals surface area contributed by atoms with Gasteiger partial charge >= 0.3 is 5.69 Å². The van der Waals surface area contributed by atoms with Gasteiger partial charge in [0.05, 0.1) is 18.4 Å². The summed E-state index contributed by atoms with van der Waals surface area (Å²) in [7, 11) is 3.03. The molecule has 0 atom stereocenters. The van der Waals surface area contributed by atoms with Crippen LogP contribution in [0.3, 0.4) is 0 Å². The normalized spacial score (nSPS) is 10.7. The van der Waals surface area contributed by atoms with E-state index in [2.05, 4.69) is 43.0 Å². The zero-order chi connectivity index (χ0) is 16.4. The molecular weight excluding hydrogens is 435 g/mol. The van der Waals surface area contributed by atoms with Gasteiger partial charge in [-0.05, 0) is 39.1 Å². The van der Waals surface area contributed by atoms with Crippen LogP contribution in [0.25, 0.3) is 5.69 Å². The molecule has 3 aromatic rings. The van der Waals surface area contributed by atoms with Gasteiger partial charge in [0.1, 0.15) is 10.3 Å². The van der Waals surface area contributed by atoms with Crippen molar-refractivity contribution in [3.63, 3.8) is 0 Å². The predicted molar refractivity (Wildman–Crippen MR) is 90.1 cm³/mol. The van der Waals surface area contributed by atoms with E-state index in [9.17, 15) is 4.79 Å². The molecule has 3 aromatic heterocycles. The lowest BCUT2D eigenvalue weighted by Gasteiger charge is -2.11. The summed E-state index contributed by atoms with van der Waals surface area (Å²) in [4.78, 5) is 20.5. The Hall–Kier alpha value is -2.02. The molecule has 0 N–H and O–H groups in total. The summed E-state index contributed by atoms with van der Waals surface area (Å²) in [5, 5.41) is 9.96. The lowest BCUT2D eigenvalue weighted by atomic mass is 10.2. The first-order valence-electron chi connectivity index (χ1n) is 6.35. The van der Waals surface area contributed by atoms with E-state index in [1.54, 1.807) is 6.07 Å². The Morgan fingerprint density at radius 2 is 2.22 bits per heavy atom. The molecule has 0 amide bonds. The van der Waals surface area contributed by atoms with E-state index in [0.717, 1.165) is 8.38 Å². The molecule has 0 aliphatic heterocycles. The number of hydrogen-bond acceptors (Lipinski definition) is 8. The highest BCUT2D eigenvalue weighted by molar-refractivity contribution is 14.1. The molecule has 0 saturated heterocycles. The molecule has 3 rings (SSSR count). The highest BCUT2D eigenvalue weighted by Gasteiger charge is 2.17. The molecule has 0 unspecified atom stereocenters. The smallest absolute Gasteiger partial charge is 0.368 e. The van der Waals surface area contributed by atoms with Crippen molar-refractivity contribution < 1.29 is 9.47 Å². The number of nitrogens with zero attached hydrogens (tertiary/aromatic N) is 6. The van der Waals surface area contributed by atoms with Crippen LogP contribution in [0.15, 0.2) is 22.4 Å². The van der Waals surface area contributed by atoms with Gasteiger partial charge in [0, 0.05) is 18.6 Å². The molecule has 120 valence electrons. The summed E-state index contributed by atoms with van der Waals surface area (Å²) < 4.78 is 14.1. The van der Waals surface area contributed by atoms with Gasteiger partial charge in [-0.2, -0.15) is 14.3 Å². The molecule has 0 aromatic carbocycles. The largest absolute Gasteiger partial charge is 0.481 e. The maximum atomic E-state index is 12.1. The minimum absolute atomic E-state index is 0.138. The quantitative estimate of drug-likeness (QED) is 0.540. The number of hydrogen-bond donors (Lipinski definition) is 0. The Morgan fingerprint density at radius 1 is 1.39 bits per heavy atom. The number of aryl methyl sites for hydroxylation is 1. The summed E-state index contributed by atoms with van der Waals surface area (Å²) >= 11 is 3.50. The summed E-state index contributed by atoms with van der Waals surface area (Å²) in [6.45, 7) is 0.138. The number of ether oxygens (including phenoxy) is 2. The average molecular weight is 446 g/mol. The molecule has 9 nitrogen and oxygen atoms in total. The van der Waals surface area contributed by atoms with E-state index < -0.39 is 0 Å². The average Bonchev–Trinajstić information content (AvgIpc) is 3.11. The third kappa shape index (κ3) is 3.19. The first kappa shape index (κ1) is 15.9. The number of halogens is 1. The minimum atomic E-state index is -0.372. The molecule has 0 spiro atoms. The monoisotopic (exact) mass is 446 g/mol. The van der Waals surface area contributed by atoms with Gasteiger partial charge in [0.2, 0.25) is 5.88 Å². The van der Waals surface area contributed by atoms with Gasteiger partial charge in [-0.3, -0.25) is 0 Å². The van der Waals surface area contributed by atoms with E-state index in [-0.39, 0.29) is 12.3 Å². The van der Waals surface area contributed by atoms with Crippen LogP contribution in [0.4, 0.5) is 0 Å². The van der Waals surface area contributed by atoms with Crippen LogP contribution in [-0.4, -0.2) is 36.9 Å². The Kier molecular flexibility index (Phi) is 4.56. The summed E-state index contributed by atoms with van der Waals surface area (Å²) in [5.41, 5.74) is 0.715. The number of rotatable bonds is 5. The molecule has 0 aliphatic rings. The molecule has 0 aliphatic carbocycles. The summed E-state index contributed by atoms with van der Waals surface area (Å²) in [6, 6.07) is 1.66. The van der Waals surface area contributed by atoms with Gasteiger partial charge in [-0.25, -0.2) is 9.78 Å². The number of aromatic nitrogens is 6. The fourth-order valence-corrected chi connectivity index (χ4v) is 3.17. The number of tetrazole rings is 1. The molecule has 23 heavy (non-hydrogen) atoms. The number of methoxy groups -OCH3 is 1. The van der Waals surface area contributed by atoms with E-state index in [4.69, 9.17) is 9.47 Å². The maximum Gasteiger partial charge on any atom is 0.368 e. The Balaban J connectivity index is 2.00. The Bertz CT molecular complexity index is 889. The predicted octanol–water partition coefficient (Wildman–Crippen LogP) is 1.01. The van der Waals surface area contributed by atoms with Crippen LogP contribution in [0.5, 0.6) is 11.1 Å². The van der Waals surface area contributed by atoms with Crippen molar-refractivity contribution in [3.05, 3.63) is 37.4 Å². The van der Waals surface area contributed by atoms with Crippen molar-refractivity contribution >= 4 is 33.9 Å². The maximum absolute atomic E-state index is 12.1. The molecule has 0 bridgehead atoms. The minimum Gasteiger partial charge on any atom is -0.481 e. The number of pyridine rings is 1. The second-order valence-corrected chi connectivity index (χ2v) is 6.27. The summed E-state index contributed by atoms with van der Waals surface area (Å²) in [6.07, 6.45) is 1.53. The van der Waals surface area contributed by atoms with Gasteiger partial charge < -0.3 is 9.47 Å². The standard InChI is InChI=1S/C12H11IN6O3S/c1-18-12(20)19(17-16-18)8-3-4-14-10(21-2)7(8)5-22-11-15-9(13)6-23-11/h3-4,6H,5H2,1-2H3. The van der Waals surface area contributed by atoms with Crippen LogP contribution in [-0.2, 0) is 13.7 Å². The zero-order valence-corrected chi connectivity index (χ0v) is 15.1. The van der Waals surface area contributed by atoms with Crippen LogP contribution in [0, 0.1) is 3.70 Å². The first-order valence-corrected chi connectivity index (χ1v) is 8.31. The second-order valence-electron chi connectivity index (χ2n) is 4.34. The zero-order valence-electron chi connectivity index (χ0n) is 12.1. The van der Waals surface area contributed by atoms with Crippen LogP contribution >= 0.6 is 33.9 Å². The third-order valence-electron chi connectivity index (χ3n) is 2.93. The van der Waals surface area contributed by atoms with E-state index in [1.165, 1.54) is 36.4 Å². The lowest BCUT2D eigenvalue weighted by Crippen LogP contribution is -2.23. The highest BCUT2D eigenvalue weighted by atomic mass is 127.